The van der Waals surface area contributed by atoms with E-state index >= 15 is 0 Å². The van der Waals surface area contributed by atoms with Crippen LogP contribution in [-0.2, 0) is 9.05 Å². The number of aryl methyl sites for hydroxylation is 2. The van der Waals surface area contributed by atoms with Crippen LogP contribution in [0.25, 0.3) is 0 Å². The largest absolute Gasteiger partial charge is 0.270 e. The van der Waals surface area contributed by atoms with Gasteiger partial charge in [-0.3, -0.25) is 0 Å². The van der Waals surface area contributed by atoms with Gasteiger partial charge in [-0.05, 0) is 25.5 Å². The summed E-state index contributed by atoms with van der Waals surface area (Å²) in [5.74, 6) is 0. The number of hydrogen-bond donors (Lipinski definition) is 0. The van der Waals surface area contributed by atoms with E-state index in [2.05, 4.69) is 0 Å². The van der Waals surface area contributed by atoms with Gasteiger partial charge in [0.05, 0.1) is 0 Å². The topological polar surface area (TPSA) is 34.1 Å². The molecule has 13 heavy (non-hydrogen) atoms. The molecular formula is C8H13ClO2S2. The Morgan fingerprint density at radius 1 is 1.31 bits per heavy atom. The van der Waals surface area contributed by atoms with Gasteiger partial charge >= 0.3 is 0 Å². The van der Waals surface area contributed by atoms with Crippen LogP contribution in [-0.4, -0.2) is 8.42 Å². The van der Waals surface area contributed by atoms with Gasteiger partial charge in [-0.15, -0.1) is 11.3 Å². The van der Waals surface area contributed by atoms with Crippen LogP contribution in [0.15, 0.2) is 10.3 Å². The summed E-state index contributed by atoms with van der Waals surface area (Å²) < 4.78 is 21.8. The third-order valence-electron chi connectivity index (χ3n) is 1.38. The van der Waals surface area contributed by atoms with Gasteiger partial charge in [0, 0.05) is 15.6 Å². The van der Waals surface area contributed by atoms with Gasteiger partial charge in [-0.25, -0.2) is 8.42 Å². The summed E-state index contributed by atoms with van der Waals surface area (Å²) in [4.78, 5) is 0.990. The van der Waals surface area contributed by atoms with E-state index in [-0.39, 0.29) is 4.21 Å². The van der Waals surface area contributed by atoms with E-state index in [9.17, 15) is 8.42 Å². The Morgan fingerprint density at radius 2 is 1.77 bits per heavy atom. The summed E-state index contributed by atoms with van der Waals surface area (Å²) in [6.07, 6.45) is 0. The second-order valence-corrected chi connectivity index (χ2v) is 6.29. The molecule has 0 aromatic carbocycles. The molecule has 0 bridgehead atoms. The third-order valence-corrected chi connectivity index (χ3v) is 4.61. The molecule has 0 aliphatic rings. The molecular weight excluding hydrogens is 228 g/mol. The number of rotatable bonds is 1. The molecule has 0 N–H and O–H groups in total. The van der Waals surface area contributed by atoms with E-state index < -0.39 is 9.05 Å². The summed E-state index contributed by atoms with van der Waals surface area (Å²) in [5, 5.41) is 0. The molecule has 0 amide bonds. The van der Waals surface area contributed by atoms with Crippen LogP contribution in [0.3, 0.4) is 0 Å². The van der Waals surface area contributed by atoms with Crippen molar-refractivity contribution in [2.45, 2.75) is 31.9 Å². The van der Waals surface area contributed by atoms with Crippen molar-refractivity contribution in [3.05, 3.63) is 16.5 Å². The lowest BCUT2D eigenvalue weighted by Gasteiger charge is -1.84. The van der Waals surface area contributed by atoms with Gasteiger partial charge in [0.1, 0.15) is 4.21 Å². The van der Waals surface area contributed by atoms with E-state index in [1.807, 2.05) is 27.7 Å². The van der Waals surface area contributed by atoms with Crippen LogP contribution < -0.4 is 0 Å². The van der Waals surface area contributed by atoms with Crippen molar-refractivity contribution in [3.8, 4) is 0 Å². The normalized spacial score (nSPS) is 10.5. The summed E-state index contributed by atoms with van der Waals surface area (Å²) in [5.41, 5.74) is 0.967. The number of halogens is 1. The van der Waals surface area contributed by atoms with E-state index in [0.717, 1.165) is 10.4 Å². The molecule has 0 unspecified atom stereocenters. The smallest absolute Gasteiger partial charge is 0.206 e. The molecule has 0 saturated heterocycles. The van der Waals surface area contributed by atoms with Crippen molar-refractivity contribution in [1.29, 1.82) is 0 Å². The number of hydrogen-bond acceptors (Lipinski definition) is 3. The highest BCUT2D eigenvalue weighted by Crippen LogP contribution is 2.27. The Kier molecular flexibility index (Phi) is 4.96. The van der Waals surface area contributed by atoms with Crippen molar-refractivity contribution >= 4 is 31.1 Å². The average Bonchev–Trinajstić information content (AvgIpc) is 2.35. The molecule has 0 saturated carbocycles. The van der Waals surface area contributed by atoms with Gasteiger partial charge in [0.25, 0.3) is 9.05 Å². The van der Waals surface area contributed by atoms with Gasteiger partial charge < -0.3 is 0 Å². The molecule has 0 fully saturated rings. The summed E-state index contributed by atoms with van der Waals surface area (Å²) in [6.45, 7) is 7.73. The zero-order valence-corrected chi connectivity index (χ0v) is 10.5. The van der Waals surface area contributed by atoms with Crippen LogP contribution in [0.1, 0.15) is 24.3 Å². The van der Waals surface area contributed by atoms with Gasteiger partial charge in [-0.1, -0.05) is 13.8 Å². The summed E-state index contributed by atoms with van der Waals surface area (Å²) >= 11 is 1.20. The van der Waals surface area contributed by atoms with Crippen molar-refractivity contribution < 1.29 is 8.42 Å². The van der Waals surface area contributed by atoms with Gasteiger partial charge in [0.2, 0.25) is 0 Å². The maximum Gasteiger partial charge on any atom is 0.270 e. The SMILES string of the molecule is CC.Cc1cc(S(=O)(=O)Cl)sc1C. The van der Waals surface area contributed by atoms with Crippen molar-refractivity contribution in [2.24, 2.45) is 0 Å². The fraction of sp³-hybridized carbons (Fsp3) is 0.500. The second-order valence-electron chi connectivity index (χ2n) is 2.24. The van der Waals surface area contributed by atoms with Gasteiger partial charge in [0.15, 0.2) is 0 Å². The number of thiophene rings is 1. The Bertz CT molecular complexity index is 346. The molecule has 2 nitrogen and oxygen atoms in total. The minimum absolute atomic E-state index is 0.231. The highest BCUT2D eigenvalue weighted by Gasteiger charge is 2.13. The quantitative estimate of drug-likeness (QED) is 0.706. The Labute approximate surface area is 88.0 Å². The molecule has 1 heterocycles. The molecule has 1 aromatic rings. The van der Waals surface area contributed by atoms with Crippen molar-refractivity contribution in [2.75, 3.05) is 0 Å². The first kappa shape index (κ1) is 12.9. The first-order valence-corrected chi connectivity index (χ1v) is 7.05. The predicted molar refractivity (Wildman–Crippen MR) is 58.2 cm³/mol. The molecule has 76 valence electrons. The lowest BCUT2D eigenvalue weighted by Crippen LogP contribution is -1.83. The lowest BCUT2D eigenvalue weighted by atomic mass is 10.3. The summed E-state index contributed by atoms with van der Waals surface area (Å²) in [6, 6.07) is 1.59. The predicted octanol–water partition coefficient (Wildman–Crippen LogP) is 3.32. The van der Waals surface area contributed by atoms with E-state index in [4.69, 9.17) is 10.7 Å². The van der Waals surface area contributed by atoms with Crippen LogP contribution in [0, 0.1) is 13.8 Å². The first-order valence-electron chi connectivity index (χ1n) is 3.93. The van der Waals surface area contributed by atoms with Crippen LogP contribution >= 0.6 is 22.0 Å². The van der Waals surface area contributed by atoms with Crippen LogP contribution in [0.5, 0.6) is 0 Å². The highest BCUT2D eigenvalue weighted by atomic mass is 35.7. The molecule has 1 aromatic heterocycles. The van der Waals surface area contributed by atoms with E-state index in [1.54, 1.807) is 6.07 Å². The molecule has 5 heteroatoms. The van der Waals surface area contributed by atoms with E-state index in [1.165, 1.54) is 11.3 Å². The Morgan fingerprint density at radius 3 is 1.92 bits per heavy atom. The molecule has 0 spiro atoms. The fourth-order valence-electron chi connectivity index (χ4n) is 0.659. The molecule has 0 radical (unpaired) electrons. The fourth-order valence-corrected chi connectivity index (χ4v) is 2.92. The van der Waals surface area contributed by atoms with Crippen molar-refractivity contribution in [1.82, 2.24) is 0 Å². The zero-order chi connectivity index (χ0) is 10.6. The van der Waals surface area contributed by atoms with Crippen LogP contribution in [0.4, 0.5) is 0 Å². The lowest BCUT2D eigenvalue weighted by molar-refractivity contribution is 0.611. The molecule has 0 atom stereocenters. The second kappa shape index (κ2) is 4.98. The standard InChI is InChI=1S/C6H7ClO2S2.C2H6/c1-4-3-6(10-5(4)2)11(7,8)9;1-2/h3H,1-2H3;1-2H3. The summed E-state index contributed by atoms with van der Waals surface area (Å²) in [7, 11) is 1.61. The zero-order valence-electron chi connectivity index (χ0n) is 8.09. The van der Waals surface area contributed by atoms with E-state index in [0.29, 0.717) is 0 Å². The molecule has 1 rings (SSSR count). The van der Waals surface area contributed by atoms with Crippen LogP contribution in [0.2, 0.25) is 0 Å². The monoisotopic (exact) mass is 240 g/mol. The average molecular weight is 241 g/mol. The minimum Gasteiger partial charge on any atom is -0.206 e. The highest BCUT2D eigenvalue weighted by molar-refractivity contribution is 8.15. The van der Waals surface area contributed by atoms with Gasteiger partial charge in [-0.2, -0.15) is 0 Å². The molecule has 0 aliphatic carbocycles. The first-order chi connectivity index (χ1) is 5.91. The maximum atomic E-state index is 10.8. The Balaban J connectivity index is 0.000000671. The van der Waals surface area contributed by atoms with Crippen molar-refractivity contribution in [3.63, 3.8) is 0 Å². The third kappa shape index (κ3) is 3.67. The maximum absolute atomic E-state index is 10.8. The molecule has 0 aliphatic heterocycles. The Hall–Kier alpha value is -0.0600. The minimum atomic E-state index is -3.51.